The van der Waals surface area contributed by atoms with Crippen molar-refractivity contribution < 1.29 is 19.0 Å². The second-order valence-electron chi connectivity index (χ2n) is 7.64. The van der Waals surface area contributed by atoms with E-state index in [4.69, 9.17) is 14.2 Å². The fraction of sp³-hybridized carbons (Fsp3) is 0.333. The molecule has 0 spiro atoms. The third kappa shape index (κ3) is 5.17. The van der Waals surface area contributed by atoms with Gasteiger partial charge in [0.2, 0.25) is 6.79 Å². The normalized spacial score (nSPS) is 12.1. The fourth-order valence-corrected chi connectivity index (χ4v) is 4.28. The van der Waals surface area contributed by atoms with E-state index in [0.29, 0.717) is 36.8 Å². The van der Waals surface area contributed by atoms with Crippen LogP contribution in [0.25, 0.3) is 0 Å². The first-order valence-corrected chi connectivity index (χ1v) is 11.2. The Kier molecular flexibility index (Phi) is 6.42. The maximum Gasteiger partial charge on any atom is 0.254 e. The fourth-order valence-electron chi connectivity index (χ4n) is 3.58. The van der Waals surface area contributed by atoms with Crippen LogP contribution in [0.5, 0.6) is 17.2 Å². The molecule has 31 heavy (non-hydrogen) atoms. The van der Waals surface area contributed by atoms with E-state index >= 15 is 0 Å². The summed E-state index contributed by atoms with van der Waals surface area (Å²) in [5, 5.41) is 2.89. The number of aromatic nitrogens is 1. The van der Waals surface area contributed by atoms with E-state index < -0.39 is 0 Å². The highest BCUT2D eigenvalue weighted by molar-refractivity contribution is 7.09. The summed E-state index contributed by atoms with van der Waals surface area (Å²) in [4.78, 5) is 19.6. The third-order valence-electron chi connectivity index (χ3n) is 4.91. The number of aryl methyl sites for hydroxylation is 2. The van der Waals surface area contributed by atoms with E-state index in [1.165, 1.54) is 11.1 Å². The van der Waals surface area contributed by atoms with Gasteiger partial charge in [-0.2, -0.15) is 0 Å². The summed E-state index contributed by atoms with van der Waals surface area (Å²) in [7, 11) is 0. The van der Waals surface area contributed by atoms with Crippen molar-refractivity contribution in [2.75, 3.05) is 13.3 Å². The molecule has 1 aliphatic heterocycles. The maximum atomic E-state index is 13.1. The van der Waals surface area contributed by atoms with Crippen LogP contribution in [0.1, 0.15) is 45.5 Å². The number of ether oxygens (including phenoxy) is 3. The van der Waals surface area contributed by atoms with Crippen LogP contribution < -0.4 is 14.2 Å². The minimum atomic E-state index is -0.0406. The molecule has 7 heteroatoms. The highest BCUT2D eigenvalue weighted by Gasteiger charge is 2.21. The zero-order valence-electron chi connectivity index (χ0n) is 18.0. The number of carbonyl (C=O) groups is 1. The molecule has 2 heterocycles. The average molecular weight is 439 g/mol. The van der Waals surface area contributed by atoms with Crippen LogP contribution in [-0.2, 0) is 13.2 Å². The summed E-state index contributed by atoms with van der Waals surface area (Å²) in [6.45, 7) is 7.89. The molecule has 1 aromatic heterocycles. The molecule has 0 unspecified atom stereocenters. The summed E-state index contributed by atoms with van der Waals surface area (Å²) in [5.41, 5.74) is 3.80. The van der Waals surface area contributed by atoms with Crippen molar-refractivity contribution in [3.8, 4) is 17.2 Å². The average Bonchev–Trinajstić information content (AvgIpc) is 3.39. The molecule has 4 rings (SSSR count). The molecule has 0 fully saturated rings. The zero-order valence-corrected chi connectivity index (χ0v) is 18.8. The zero-order chi connectivity index (χ0) is 21.8. The number of amides is 1. The summed E-state index contributed by atoms with van der Waals surface area (Å²) in [6.07, 6.45) is 0.864. The lowest BCUT2D eigenvalue weighted by Gasteiger charge is -2.21. The van der Waals surface area contributed by atoms with Crippen molar-refractivity contribution in [1.82, 2.24) is 9.88 Å². The van der Waals surface area contributed by atoms with E-state index in [2.05, 4.69) is 31.8 Å². The van der Waals surface area contributed by atoms with Gasteiger partial charge in [-0.25, -0.2) is 4.98 Å². The predicted molar refractivity (Wildman–Crippen MR) is 120 cm³/mol. The maximum absolute atomic E-state index is 13.1. The first kappa shape index (κ1) is 21.2. The molecular weight excluding hydrogens is 412 g/mol. The quantitative estimate of drug-likeness (QED) is 0.489. The van der Waals surface area contributed by atoms with Gasteiger partial charge in [0.05, 0.1) is 12.2 Å². The Labute approximate surface area is 186 Å². The number of hydrogen-bond donors (Lipinski definition) is 0. The molecule has 0 bridgehead atoms. The number of benzene rings is 2. The molecule has 1 amide bonds. The molecule has 162 valence electrons. The van der Waals surface area contributed by atoms with Crippen molar-refractivity contribution in [3.63, 3.8) is 0 Å². The van der Waals surface area contributed by atoms with Gasteiger partial charge in [0.15, 0.2) is 11.5 Å². The molecule has 0 saturated carbocycles. The Balaban J connectivity index is 1.41. The first-order valence-electron chi connectivity index (χ1n) is 10.3. The van der Waals surface area contributed by atoms with Crippen LogP contribution in [0.15, 0.2) is 41.8 Å². The lowest BCUT2D eigenvalue weighted by molar-refractivity contribution is 0.0741. The topological polar surface area (TPSA) is 60.9 Å². The minimum absolute atomic E-state index is 0.0406. The van der Waals surface area contributed by atoms with E-state index in [0.717, 1.165) is 22.9 Å². The Morgan fingerprint density at radius 2 is 1.90 bits per heavy atom. The molecule has 1 aliphatic rings. The van der Waals surface area contributed by atoms with E-state index in [-0.39, 0.29) is 12.7 Å². The van der Waals surface area contributed by atoms with Crippen LogP contribution in [0, 0.1) is 13.8 Å². The van der Waals surface area contributed by atoms with Crippen molar-refractivity contribution in [2.45, 2.75) is 40.3 Å². The first-order chi connectivity index (χ1) is 15.0. The van der Waals surface area contributed by atoms with Gasteiger partial charge in [0.25, 0.3) is 5.91 Å². The molecule has 2 aromatic carbocycles. The summed E-state index contributed by atoms with van der Waals surface area (Å²) >= 11 is 1.55. The lowest BCUT2D eigenvalue weighted by Crippen LogP contribution is -2.31. The van der Waals surface area contributed by atoms with Gasteiger partial charge in [-0.1, -0.05) is 13.0 Å². The van der Waals surface area contributed by atoms with E-state index in [1.807, 2.05) is 22.4 Å². The molecule has 0 N–H and O–H groups in total. The van der Waals surface area contributed by atoms with Gasteiger partial charge in [0.1, 0.15) is 17.4 Å². The highest BCUT2D eigenvalue weighted by atomic mass is 32.1. The molecule has 6 nitrogen and oxygen atoms in total. The molecule has 0 radical (unpaired) electrons. The van der Waals surface area contributed by atoms with Gasteiger partial charge in [-0.15, -0.1) is 11.3 Å². The number of nitrogens with zero attached hydrogens (tertiary/aromatic N) is 2. The standard InChI is InChI=1S/C24H26N2O4S/c1-4-7-26(24(27)18-5-6-21-22(11-18)30-15-29-21)12-19-14-31-23(25-19)13-28-20-9-16(2)8-17(3)10-20/h5-6,8-11,14H,4,7,12-13,15H2,1-3H3. The van der Waals surface area contributed by atoms with Crippen molar-refractivity contribution in [1.29, 1.82) is 0 Å². The number of hydrogen-bond acceptors (Lipinski definition) is 6. The Hall–Kier alpha value is -3.06. The molecule has 0 aliphatic carbocycles. The van der Waals surface area contributed by atoms with Gasteiger partial charge >= 0.3 is 0 Å². The van der Waals surface area contributed by atoms with Crippen LogP contribution >= 0.6 is 11.3 Å². The number of fused-ring (bicyclic) bond motifs is 1. The second kappa shape index (κ2) is 9.39. The van der Waals surface area contributed by atoms with Crippen LogP contribution in [-0.4, -0.2) is 29.1 Å². The van der Waals surface area contributed by atoms with Gasteiger partial charge in [-0.3, -0.25) is 4.79 Å². The molecular formula is C24H26N2O4S. The van der Waals surface area contributed by atoms with Crippen molar-refractivity contribution in [3.05, 3.63) is 69.2 Å². The highest BCUT2D eigenvalue weighted by Crippen LogP contribution is 2.33. The van der Waals surface area contributed by atoms with E-state index in [9.17, 15) is 4.79 Å². The monoisotopic (exact) mass is 438 g/mol. The van der Waals surface area contributed by atoms with Gasteiger partial charge < -0.3 is 19.1 Å². The van der Waals surface area contributed by atoms with E-state index in [1.54, 1.807) is 29.5 Å². The second-order valence-corrected chi connectivity index (χ2v) is 8.58. The van der Waals surface area contributed by atoms with Crippen LogP contribution in [0.2, 0.25) is 0 Å². The molecule has 3 aromatic rings. The molecule has 0 atom stereocenters. The minimum Gasteiger partial charge on any atom is -0.486 e. The lowest BCUT2D eigenvalue weighted by atomic mass is 10.1. The van der Waals surface area contributed by atoms with Crippen LogP contribution in [0.3, 0.4) is 0 Å². The van der Waals surface area contributed by atoms with Gasteiger partial charge in [0, 0.05) is 17.5 Å². The molecule has 0 saturated heterocycles. The number of rotatable bonds is 8. The Morgan fingerprint density at radius 1 is 1.13 bits per heavy atom. The smallest absolute Gasteiger partial charge is 0.254 e. The third-order valence-corrected chi connectivity index (χ3v) is 5.78. The Morgan fingerprint density at radius 3 is 2.68 bits per heavy atom. The summed E-state index contributed by atoms with van der Waals surface area (Å²) in [5.74, 6) is 2.09. The Bertz CT molecular complexity index is 1060. The van der Waals surface area contributed by atoms with Crippen molar-refractivity contribution >= 4 is 17.2 Å². The SMILES string of the molecule is CCCN(Cc1csc(COc2cc(C)cc(C)c2)n1)C(=O)c1ccc2c(c1)OCO2. The number of carbonyl (C=O) groups excluding carboxylic acids is 1. The largest absolute Gasteiger partial charge is 0.486 e. The summed E-state index contributed by atoms with van der Waals surface area (Å²) in [6, 6.07) is 11.5. The summed E-state index contributed by atoms with van der Waals surface area (Å²) < 4.78 is 16.7. The predicted octanol–water partition coefficient (Wildman–Crippen LogP) is 5.12. The van der Waals surface area contributed by atoms with Crippen molar-refractivity contribution in [2.24, 2.45) is 0 Å². The van der Waals surface area contributed by atoms with Gasteiger partial charge in [-0.05, 0) is 61.7 Å². The number of thiazole rings is 1. The van der Waals surface area contributed by atoms with Crippen LogP contribution in [0.4, 0.5) is 0 Å².